The molecule has 2 aromatic carbocycles. The Morgan fingerprint density at radius 2 is 1.95 bits per heavy atom. The average Bonchev–Trinajstić information content (AvgIpc) is 3.52. The van der Waals surface area contributed by atoms with Crippen LogP contribution in [0.25, 0.3) is 22.2 Å². The molecule has 2 fully saturated rings. The first-order valence-electron chi connectivity index (χ1n) is 13.1. The molecule has 0 spiro atoms. The lowest BCUT2D eigenvalue weighted by atomic mass is 10.1. The zero-order chi connectivity index (χ0) is 26.9. The SMILES string of the molecule is N#CC(=CC1CC1)C(=O)N1CCC[C@@H]1Cn1cc(-c2ccc(Oc3ccccc3)cc2F)c2c(N)ncnc21. The third-order valence-corrected chi connectivity index (χ3v) is 7.31. The summed E-state index contributed by atoms with van der Waals surface area (Å²) in [7, 11) is 0. The van der Waals surface area contributed by atoms with Crippen molar-refractivity contribution in [1.82, 2.24) is 19.4 Å². The van der Waals surface area contributed by atoms with E-state index >= 15 is 4.39 Å². The van der Waals surface area contributed by atoms with E-state index < -0.39 is 5.82 Å². The minimum atomic E-state index is -0.465. The van der Waals surface area contributed by atoms with Gasteiger partial charge >= 0.3 is 0 Å². The number of nitrogen functional groups attached to an aromatic ring is 1. The zero-order valence-corrected chi connectivity index (χ0v) is 21.3. The summed E-state index contributed by atoms with van der Waals surface area (Å²) in [5.41, 5.74) is 7.96. The fourth-order valence-electron chi connectivity index (χ4n) is 5.22. The van der Waals surface area contributed by atoms with Crippen LogP contribution in [0.5, 0.6) is 11.5 Å². The number of benzene rings is 2. The molecule has 1 amide bonds. The maximum Gasteiger partial charge on any atom is 0.264 e. The molecule has 9 heteroatoms. The van der Waals surface area contributed by atoms with E-state index in [9.17, 15) is 10.1 Å². The molecule has 6 rings (SSSR count). The van der Waals surface area contributed by atoms with Gasteiger partial charge in [-0.05, 0) is 55.9 Å². The van der Waals surface area contributed by atoms with Crippen molar-refractivity contribution in [3.05, 3.63) is 78.5 Å². The van der Waals surface area contributed by atoms with E-state index in [4.69, 9.17) is 10.5 Å². The number of nitrogens with zero attached hydrogens (tertiary/aromatic N) is 5. The van der Waals surface area contributed by atoms with Crippen molar-refractivity contribution in [2.45, 2.75) is 38.3 Å². The second-order valence-corrected chi connectivity index (χ2v) is 10.0. The molecule has 39 heavy (non-hydrogen) atoms. The highest BCUT2D eigenvalue weighted by molar-refractivity contribution is 6.01. The Bertz CT molecular complexity index is 1620. The molecule has 0 bridgehead atoms. The van der Waals surface area contributed by atoms with Gasteiger partial charge in [0.2, 0.25) is 0 Å². The molecule has 1 aliphatic heterocycles. The molecule has 0 unspecified atom stereocenters. The van der Waals surface area contributed by atoms with Crippen molar-refractivity contribution < 1.29 is 13.9 Å². The number of allylic oxidation sites excluding steroid dienone is 1. The van der Waals surface area contributed by atoms with Gasteiger partial charge in [0, 0.05) is 36.5 Å². The van der Waals surface area contributed by atoms with E-state index in [1.54, 1.807) is 29.2 Å². The fourth-order valence-corrected chi connectivity index (χ4v) is 5.22. The lowest BCUT2D eigenvalue weighted by Crippen LogP contribution is -2.38. The Hall–Kier alpha value is -4.71. The first kappa shape index (κ1) is 24.6. The maximum atomic E-state index is 15.5. The van der Waals surface area contributed by atoms with Crippen LogP contribution in [0.3, 0.4) is 0 Å². The number of likely N-dealkylation sites (tertiary alicyclic amines) is 1. The minimum absolute atomic E-state index is 0.125. The van der Waals surface area contributed by atoms with Crippen molar-refractivity contribution in [3.63, 3.8) is 0 Å². The van der Waals surface area contributed by atoms with Gasteiger partial charge in [-0.2, -0.15) is 5.26 Å². The minimum Gasteiger partial charge on any atom is -0.457 e. The standard InChI is InChI=1S/C30H27FN6O2/c31-26-14-23(39-22-6-2-1-3-7-22)10-11-24(26)25-17-36(29-27(25)28(33)34-18-35-29)16-21-5-4-12-37(21)30(38)20(15-32)13-19-8-9-19/h1-3,6-7,10-11,13-14,17-19,21H,4-5,8-9,12,16H2,(H2,33,34,35)/t21-/m1/s1. The maximum absolute atomic E-state index is 15.5. The molecule has 1 atom stereocenters. The second kappa shape index (κ2) is 10.2. The van der Waals surface area contributed by atoms with Crippen LogP contribution in [-0.2, 0) is 11.3 Å². The number of aromatic nitrogens is 3. The topological polar surface area (TPSA) is 110 Å². The van der Waals surface area contributed by atoms with Crippen molar-refractivity contribution in [1.29, 1.82) is 5.26 Å². The third-order valence-electron chi connectivity index (χ3n) is 7.31. The molecular formula is C30H27FN6O2. The van der Waals surface area contributed by atoms with Crippen molar-refractivity contribution in [3.8, 4) is 28.7 Å². The van der Waals surface area contributed by atoms with Gasteiger partial charge in [-0.25, -0.2) is 14.4 Å². The monoisotopic (exact) mass is 522 g/mol. The van der Waals surface area contributed by atoms with Gasteiger partial charge in [-0.15, -0.1) is 0 Å². The van der Waals surface area contributed by atoms with Gasteiger partial charge in [0.25, 0.3) is 5.91 Å². The lowest BCUT2D eigenvalue weighted by Gasteiger charge is -2.25. The van der Waals surface area contributed by atoms with Crippen molar-refractivity contribution in [2.75, 3.05) is 12.3 Å². The van der Waals surface area contributed by atoms with Gasteiger partial charge in [0.15, 0.2) is 0 Å². The van der Waals surface area contributed by atoms with Gasteiger partial charge in [-0.1, -0.05) is 24.3 Å². The summed E-state index contributed by atoms with van der Waals surface area (Å²) in [6, 6.07) is 15.9. The number of nitriles is 1. The summed E-state index contributed by atoms with van der Waals surface area (Å²) in [6.07, 6.45) is 8.70. The quantitative estimate of drug-likeness (QED) is 0.255. The van der Waals surface area contributed by atoms with E-state index in [0.29, 0.717) is 52.7 Å². The molecular weight excluding hydrogens is 495 g/mol. The number of rotatable bonds is 7. The Labute approximate surface area is 225 Å². The predicted molar refractivity (Wildman–Crippen MR) is 145 cm³/mol. The highest BCUT2D eigenvalue weighted by Gasteiger charge is 2.33. The summed E-state index contributed by atoms with van der Waals surface area (Å²) in [4.78, 5) is 23.6. The number of halogens is 1. The predicted octanol–water partition coefficient (Wildman–Crippen LogP) is 5.46. The summed E-state index contributed by atoms with van der Waals surface area (Å²) < 4.78 is 23.1. The lowest BCUT2D eigenvalue weighted by molar-refractivity contribution is -0.127. The van der Waals surface area contributed by atoms with Gasteiger partial charge in [-0.3, -0.25) is 4.79 Å². The van der Waals surface area contributed by atoms with Crippen molar-refractivity contribution in [2.24, 2.45) is 5.92 Å². The first-order valence-corrected chi connectivity index (χ1v) is 13.1. The number of ether oxygens (including phenoxy) is 1. The molecule has 1 saturated heterocycles. The summed E-state index contributed by atoms with van der Waals surface area (Å²) in [5, 5.41) is 10.1. The zero-order valence-electron chi connectivity index (χ0n) is 21.3. The van der Waals surface area contributed by atoms with Gasteiger partial charge in [0.05, 0.1) is 11.4 Å². The third kappa shape index (κ3) is 4.93. The molecule has 4 aromatic rings. The smallest absolute Gasteiger partial charge is 0.264 e. The van der Waals surface area contributed by atoms with E-state index in [1.807, 2.05) is 35.0 Å². The molecule has 1 aliphatic carbocycles. The number of anilines is 1. The number of fused-ring (bicyclic) bond motifs is 1. The molecule has 2 aliphatic rings. The second-order valence-electron chi connectivity index (χ2n) is 10.0. The number of amides is 1. The number of hydrogen-bond donors (Lipinski definition) is 1. The summed E-state index contributed by atoms with van der Waals surface area (Å²) in [6.45, 7) is 1.03. The molecule has 2 N–H and O–H groups in total. The highest BCUT2D eigenvalue weighted by atomic mass is 19.1. The molecule has 0 radical (unpaired) electrons. The van der Waals surface area contributed by atoms with Crippen LogP contribution >= 0.6 is 0 Å². The van der Waals surface area contributed by atoms with Crippen LogP contribution in [0.15, 0.2) is 72.7 Å². The van der Waals surface area contributed by atoms with E-state index in [0.717, 1.165) is 25.7 Å². The van der Waals surface area contributed by atoms with Crippen LogP contribution in [0, 0.1) is 23.1 Å². The summed E-state index contributed by atoms with van der Waals surface area (Å²) >= 11 is 0. The average molecular weight is 523 g/mol. The summed E-state index contributed by atoms with van der Waals surface area (Å²) in [5.74, 6) is 0.880. The van der Waals surface area contributed by atoms with Crippen LogP contribution in [0.4, 0.5) is 10.2 Å². The molecule has 2 aromatic heterocycles. The molecule has 8 nitrogen and oxygen atoms in total. The van der Waals surface area contributed by atoms with Crippen LogP contribution in [0.2, 0.25) is 0 Å². The van der Waals surface area contributed by atoms with Crippen molar-refractivity contribution >= 4 is 22.8 Å². The first-order chi connectivity index (χ1) is 19.0. The Morgan fingerprint density at radius 3 is 2.69 bits per heavy atom. The highest BCUT2D eigenvalue weighted by Crippen LogP contribution is 2.37. The van der Waals surface area contributed by atoms with E-state index in [2.05, 4.69) is 16.0 Å². The molecule has 196 valence electrons. The van der Waals surface area contributed by atoms with Gasteiger partial charge < -0.3 is 19.9 Å². The normalized spacial score (nSPS) is 17.4. The largest absolute Gasteiger partial charge is 0.457 e. The van der Waals surface area contributed by atoms with E-state index in [1.165, 1.54) is 12.4 Å². The van der Waals surface area contributed by atoms with Crippen LogP contribution in [-0.4, -0.2) is 37.9 Å². The Balaban J connectivity index is 1.32. The van der Waals surface area contributed by atoms with Gasteiger partial charge in [0.1, 0.15) is 46.8 Å². The molecule has 1 saturated carbocycles. The van der Waals surface area contributed by atoms with E-state index in [-0.39, 0.29) is 23.3 Å². The number of para-hydroxylation sites is 1. The van der Waals surface area contributed by atoms with Crippen LogP contribution < -0.4 is 10.5 Å². The number of carbonyl (C=O) groups is 1. The number of nitrogens with two attached hydrogens (primary N) is 1. The Morgan fingerprint density at radius 1 is 1.13 bits per heavy atom. The Kier molecular flexibility index (Phi) is 6.45. The van der Waals surface area contributed by atoms with Crippen LogP contribution in [0.1, 0.15) is 25.7 Å². The fraction of sp³-hybridized carbons (Fsp3) is 0.267. The molecule has 3 heterocycles. The number of hydrogen-bond acceptors (Lipinski definition) is 6. The number of carbonyl (C=O) groups excluding carboxylic acids is 1.